The fourth-order valence-electron chi connectivity index (χ4n) is 2.36. The largest absolute Gasteiger partial charge is 0.494 e. The van der Waals surface area contributed by atoms with Crippen LogP contribution >= 0.6 is 0 Å². The summed E-state index contributed by atoms with van der Waals surface area (Å²) in [5.74, 6) is -0.628. The van der Waals surface area contributed by atoms with Crippen molar-refractivity contribution in [1.29, 1.82) is 0 Å². The molecular weight excluding hydrogens is 358 g/mol. The highest BCUT2D eigenvalue weighted by molar-refractivity contribution is 6.14. The van der Waals surface area contributed by atoms with Crippen molar-refractivity contribution in [2.45, 2.75) is 19.8 Å². The number of ether oxygens (including phenoxy) is 2. The number of nitro benzene ring substituents is 1. The second-order valence-electron chi connectivity index (χ2n) is 5.58. The first kappa shape index (κ1) is 19.9. The lowest BCUT2D eigenvalue weighted by atomic mass is 10.1. The Morgan fingerprint density at radius 1 is 1.37 bits per heavy atom. The van der Waals surface area contributed by atoms with E-state index in [1.54, 1.807) is 6.92 Å². The highest BCUT2D eigenvalue weighted by atomic mass is 16.6. The monoisotopic (exact) mass is 377 g/mol. The zero-order valence-corrected chi connectivity index (χ0v) is 14.9. The van der Waals surface area contributed by atoms with E-state index in [-0.39, 0.29) is 35.9 Å². The molecule has 1 aliphatic heterocycles. The molecule has 0 aromatic heterocycles. The van der Waals surface area contributed by atoms with Crippen molar-refractivity contribution in [1.82, 2.24) is 10.2 Å². The first-order chi connectivity index (χ1) is 12.8. The van der Waals surface area contributed by atoms with Gasteiger partial charge in [-0.2, -0.15) is 0 Å². The molecule has 0 atom stereocenters. The van der Waals surface area contributed by atoms with Gasteiger partial charge in [0.1, 0.15) is 11.4 Å². The normalized spacial score (nSPS) is 15.0. The summed E-state index contributed by atoms with van der Waals surface area (Å²) in [4.78, 5) is 46.3. The summed E-state index contributed by atoms with van der Waals surface area (Å²) < 4.78 is 10.3. The van der Waals surface area contributed by atoms with Crippen molar-refractivity contribution in [2.75, 3.05) is 20.3 Å². The average Bonchev–Trinajstić information content (AvgIpc) is 2.85. The molecule has 1 saturated heterocycles. The first-order valence-electron chi connectivity index (χ1n) is 8.21. The zero-order valence-electron chi connectivity index (χ0n) is 14.9. The van der Waals surface area contributed by atoms with E-state index in [9.17, 15) is 24.5 Å². The van der Waals surface area contributed by atoms with Gasteiger partial charge in [-0.1, -0.05) is 0 Å². The number of hydrogen-bond donors (Lipinski definition) is 1. The van der Waals surface area contributed by atoms with Gasteiger partial charge < -0.3 is 9.47 Å². The molecule has 0 aliphatic carbocycles. The van der Waals surface area contributed by atoms with Crippen molar-refractivity contribution >= 4 is 29.7 Å². The number of carbonyl (C=O) groups excluding carboxylic acids is 3. The van der Waals surface area contributed by atoms with Gasteiger partial charge in [-0.05, 0) is 31.6 Å². The second kappa shape index (κ2) is 8.79. The van der Waals surface area contributed by atoms with Gasteiger partial charge in [-0.25, -0.2) is 4.79 Å². The third kappa shape index (κ3) is 5.03. The Morgan fingerprint density at radius 3 is 2.70 bits per heavy atom. The fraction of sp³-hybridized carbons (Fsp3) is 0.353. The van der Waals surface area contributed by atoms with Gasteiger partial charge >= 0.3 is 12.0 Å². The van der Waals surface area contributed by atoms with Crippen molar-refractivity contribution < 1.29 is 28.8 Å². The highest BCUT2D eigenvalue weighted by Gasteiger charge is 2.30. The van der Waals surface area contributed by atoms with Crippen molar-refractivity contribution in [3.8, 4) is 5.75 Å². The van der Waals surface area contributed by atoms with E-state index >= 15 is 0 Å². The van der Waals surface area contributed by atoms with E-state index < -0.39 is 16.9 Å². The molecule has 1 heterocycles. The van der Waals surface area contributed by atoms with Crippen LogP contribution in [0.1, 0.15) is 25.3 Å². The summed E-state index contributed by atoms with van der Waals surface area (Å²) in [5.41, 5.74) is -0.126. The number of nitro groups is 1. The highest BCUT2D eigenvalue weighted by Crippen LogP contribution is 2.27. The Balaban J connectivity index is 2.15. The molecule has 1 aromatic carbocycles. The lowest BCUT2D eigenvalue weighted by molar-refractivity contribution is -0.385. The molecule has 1 fully saturated rings. The van der Waals surface area contributed by atoms with Crippen molar-refractivity contribution in [3.05, 3.63) is 39.6 Å². The van der Waals surface area contributed by atoms with E-state index in [0.717, 1.165) is 4.90 Å². The summed E-state index contributed by atoms with van der Waals surface area (Å²) in [5, 5.41) is 13.3. The van der Waals surface area contributed by atoms with Crippen LogP contribution in [-0.4, -0.2) is 48.0 Å². The van der Waals surface area contributed by atoms with E-state index in [0.29, 0.717) is 18.8 Å². The molecule has 2 rings (SSSR count). The Hall–Kier alpha value is -3.43. The minimum atomic E-state index is -0.641. The number of esters is 1. The molecule has 1 N–H and O–H groups in total. The lowest BCUT2D eigenvalue weighted by Gasteiger charge is -2.09. The zero-order chi connectivity index (χ0) is 20.0. The van der Waals surface area contributed by atoms with E-state index in [1.165, 1.54) is 31.3 Å². The smallest absolute Gasteiger partial charge is 0.328 e. The Kier molecular flexibility index (Phi) is 6.47. The topological polar surface area (TPSA) is 128 Å². The van der Waals surface area contributed by atoms with E-state index in [2.05, 4.69) is 5.32 Å². The number of urea groups is 1. The standard InChI is InChI=1S/C17H19N3O7/c1-3-26-15(21)5-4-8-27-12-6-7-13(20(24)25)11(9-12)10-14-16(22)18-17(23)19(14)2/h6-7,9-10H,3-5,8H2,1-2H3,(H,18,22,23)/b14-10+. The van der Waals surface area contributed by atoms with Gasteiger partial charge in [-0.15, -0.1) is 0 Å². The third-order valence-electron chi connectivity index (χ3n) is 3.71. The van der Waals surface area contributed by atoms with Gasteiger partial charge in [0.05, 0.1) is 23.7 Å². The molecule has 0 unspecified atom stereocenters. The first-order valence-corrected chi connectivity index (χ1v) is 8.21. The molecule has 10 heteroatoms. The minimum Gasteiger partial charge on any atom is -0.494 e. The predicted molar refractivity (Wildman–Crippen MR) is 93.7 cm³/mol. The Labute approximate surface area is 154 Å². The van der Waals surface area contributed by atoms with Gasteiger partial charge in [0.25, 0.3) is 11.6 Å². The van der Waals surface area contributed by atoms with E-state index in [4.69, 9.17) is 9.47 Å². The van der Waals surface area contributed by atoms with Crippen LogP contribution in [0.2, 0.25) is 0 Å². The molecule has 3 amide bonds. The average molecular weight is 377 g/mol. The number of benzene rings is 1. The number of imide groups is 1. The van der Waals surface area contributed by atoms with Crippen LogP contribution in [-0.2, 0) is 14.3 Å². The van der Waals surface area contributed by atoms with Crippen LogP contribution in [0.3, 0.4) is 0 Å². The number of likely N-dealkylation sites (N-methyl/N-ethyl adjacent to an activating group) is 1. The molecule has 144 valence electrons. The third-order valence-corrected chi connectivity index (χ3v) is 3.71. The summed E-state index contributed by atoms with van der Waals surface area (Å²) in [7, 11) is 1.38. The maximum Gasteiger partial charge on any atom is 0.328 e. The summed E-state index contributed by atoms with van der Waals surface area (Å²) in [6.45, 7) is 2.24. The van der Waals surface area contributed by atoms with Gasteiger partial charge in [0.15, 0.2) is 0 Å². The van der Waals surface area contributed by atoms with Gasteiger partial charge in [0, 0.05) is 19.5 Å². The quantitative estimate of drug-likeness (QED) is 0.183. The lowest BCUT2D eigenvalue weighted by Crippen LogP contribution is -2.24. The second-order valence-corrected chi connectivity index (χ2v) is 5.58. The van der Waals surface area contributed by atoms with Crippen LogP contribution < -0.4 is 10.1 Å². The molecule has 1 aliphatic rings. The number of nitrogens with one attached hydrogen (secondary N) is 1. The van der Waals surface area contributed by atoms with Crippen LogP contribution in [0.15, 0.2) is 23.9 Å². The maximum absolute atomic E-state index is 11.8. The van der Waals surface area contributed by atoms with Gasteiger partial charge in [-0.3, -0.25) is 29.9 Å². The SMILES string of the molecule is CCOC(=O)CCCOc1ccc([N+](=O)[O-])c(/C=C2\C(=O)NC(=O)N2C)c1. The number of amides is 3. The van der Waals surface area contributed by atoms with E-state index in [1.807, 2.05) is 0 Å². The van der Waals surface area contributed by atoms with Crippen molar-refractivity contribution in [2.24, 2.45) is 0 Å². The summed E-state index contributed by atoms with van der Waals surface area (Å²) in [6.07, 6.45) is 1.88. The molecule has 27 heavy (non-hydrogen) atoms. The maximum atomic E-state index is 11.8. The molecule has 0 spiro atoms. The van der Waals surface area contributed by atoms with Gasteiger partial charge in [0.2, 0.25) is 0 Å². The van der Waals surface area contributed by atoms with Crippen LogP contribution in [0.4, 0.5) is 10.5 Å². The molecule has 0 radical (unpaired) electrons. The number of hydrogen-bond acceptors (Lipinski definition) is 7. The molecule has 0 bridgehead atoms. The molecule has 1 aromatic rings. The molecule has 0 saturated carbocycles. The number of carbonyl (C=O) groups is 3. The Bertz CT molecular complexity index is 804. The van der Waals surface area contributed by atoms with Crippen LogP contribution in [0.25, 0.3) is 6.08 Å². The predicted octanol–water partition coefficient (Wildman–Crippen LogP) is 1.84. The summed E-state index contributed by atoms with van der Waals surface area (Å²) in [6, 6.07) is 3.47. The summed E-state index contributed by atoms with van der Waals surface area (Å²) >= 11 is 0. The Morgan fingerprint density at radius 2 is 2.11 bits per heavy atom. The molecular formula is C17H19N3O7. The van der Waals surface area contributed by atoms with Crippen LogP contribution in [0.5, 0.6) is 5.75 Å². The van der Waals surface area contributed by atoms with Crippen molar-refractivity contribution in [3.63, 3.8) is 0 Å². The molecule has 10 nitrogen and oxygen atoms in total. The fourth-order valence-corrected chi connectivity index (χ4v) is 2.36. The minimum absolute atomic E-state index is 0.0115. The van der Waals surface area contributed by atoms with Crippen LogP contribution in [0, 0.1) is 10.1 Å². The number of nitrogens with zero attached hydrogens (tertiary/aromatic N) is 2. The number of rotatable bonds is 8.